The molecule has 73 heavy (non-hydrogen) atoms. The summed E-state index contributed by atoms with van der Waals surface area (Å²) in [5.41, 5.74) is 0. The van der Waals surface area contributed by atoms with Gasteiger partial charge < -0.3 is 14.2 Å². The van der Waals surface area contributed by atoms with Crippen LogP contribution in [0.25, 0.3) is 0 Å². The molecule has 0 aromatic carbocycles. The Morgan fingerprint density at radius 3 is 0.849 bits per heavy atom. The molecule has 0 heterocycles. The van der Waals surface area contributed by atoms with Crippen LogP contribution >= 0.6 is 0 Å². The van der Waals surface area contributed by atoms with Crippen LogP contribution in [-0.2, 0) is 28.6 Å². The van der Waals surface area contributed by atoms with Crippen LogP contribution in [0, 0.1) is 0 Å². The SMILES string of the molecule is CC/C=C\C/C=C\C/C=C\CCCCCCCC(=O)OC(COC(=O)CCCCCCCCCCC)COC(=O)CCCCCCCCCCCCCCCCCCCCC/C=C\CCCCCCCCCC. The average Bonchev–Trinajstić information content (AvgIpc) is 3.39. The summed E-state index contributed by atoms with van der Waals surface area (Å²) in [5.74, 6) is -0.879. The first kappa shape index (κ1) is 70.4. The van der Waals surface area contributed by atoms with Gasteiger partial charge in [0.2, 0.25) is 0 Å². The summed E-state index contributed by atoms with van der Waals surface area (Å²) < 4.78 is 16.8. The quantitative estimate of drug-likeness (QED) is 0.0261. The van der Waals surface area contributed by atoms with Crippen molar-refractivity contribution in [1.29, 1.82) is 0 Å². The van der Waals surface area contributed by atoms with E-state index < -0.39 is 6.10 Å². The highest BCUT2D eigenvalue weighted by molar-refractivity contribution is 5.71. The van der Waals surface area contributed by atoms with Gasteiger partial charge in [0.1, 0.15) is 13.2 Å². The first-order valence-electron chi connectivity index (χ1n) is 32.1. The zero-order valence-corrected chi connectivity index (χ0v) is 48.9. The molecule has 0 aromatic rings. The summed E-state index contributed by atoms with van der Waals surface area (Å²) in [6.07, 6.45) is 77.2. The molecule has 0 saturated carbocycles. The topological polar surface area (TPSA) is 78.9 Å². The third-order valence-corrected chi connectivity index (χ3v) is 14.3. The maximum absolute atomic E-state index is 12.8. The molecule has 0 amide bonds. The lowest BCUT2D eigenvalue weighted by Crippen LogP contribution is -2.30. The summed E-state index contributed by atoms with van der Waals surface area (Å²) in [6.45, 7) is 6.53. The van der Waals surface area contributed by atoms with Crippen LogP contribution in [0.5, 0.6) is 0 Å². The molecule has 426 valence electrons. The lowest BCUT2D eigenvalue weighted by atomic mass is 10.0. The number of carbonyl (C=O) groups excluding carboxylic acids is 3. The molecule has 6 heteroatoms. The number of unbranched alkanes of at least 4 members (excludes halogenated alkanes) is 40. The minimum Gasteiger partial charge on any atom is -0.462 e. The highest BCUT2D eigenvalue weighted by atomic mass is 16.6. The summed E-state index contributed by atoms with van der Waals surface area (Å²) in [4.78, 5) is 38.1. The van der Waals surface area contributed by atoms with Gasteiger partial charge in [-0.2, -0.15) is 0 Å². The number of esters is 3. The van der Waals surface area contributed by atoms with Gasteiger partial charge in [-0.1, -0.05) is 294 Å². The maximum Gasteiger partial charge on any atom is 0.306 e. The van der Waals surface area contributed by atoms with Crippen LogP contribution in [0.1, 0.15) is 342 Å². The predicted molar refractivity (Wildman–Crippen MR) is 316 cm³/mol. The van der Waals surface area contributed by atoms with Crippen molar-refractivity contribution >= 4 is 17.9 Å². The molecule has 0 aliphatic heterocycles. The van der Waals surface area contributed by atoms with Crippen LogP contribution < -0.4 is 0 Å². The maximum atomic E-state index is 12.8. The zero-order chi connectivity index (χ0) is 52.9. The fraction of sp³-hybridized carbons (Fsp3) is 0.836. The number of rotatable bonds is 59. The number of allylic oxidation sites excluding steroid dienone is 8. The number of hydrogen-bond acceptors (Lipinski definition) is 6. The summed E-state index contributed by atoms with van der Waals surface area (Å²) >= 11 is 0. The molecule has 6 nitrogen and oxygen atoms in total. The molecule has 0 radical (unpaired) electrons. The smallest absolute Gasteiger partial charge is 0.306 e. The largest absolute Gasteiger partial charge is 0.462 e. The van der Waals surface area contributed by atoms with Gasteiger partial charge in [-0.25, -0.2) is 0 Å². The molecule has 0 aliphatic rings. The number of hydrogen-bond donors (Lipinski definition) is 0. The Kier molecular flexibility index (Phi) is 59.7. The monoisotopic (exact) mass is 1020 g/mol. The summed E-state index contributed by atoms with van der Waals surface area (Å²) in [6, 6.07) is 0. The van der Waals surface area contributed by atoms with Crippen molar-refractivity contribution in [2.75, 3.05) is 13.2 Å². The first-order chi connectivity index (χ1) is 36.0. The van der Waals surface area contributed by atoms with E-state index >= 15 is 0 Å². The predicted octanol–water partition coefficient (Wildman–Crippen LogP) is 21.8. The van der Waals surface area contributed by atoms with E-state index in [1.165, 1.54) is 205 Å². The van der Waals surface area contributed by atoms with Gasteiger partial charge >= 0.3 is 17.9 Å². The molecule has 0 saturated heterocycles. The normalized spacial score (nSPS) is 12.3. The van der Waals surface area contributed by atoms with Crippen molar-refractivity contribution in [3.8, 4) is 0 Å². The van der Waals surface area contributed by atoms with Crippen molar-refractivity contribution in [2.24, 2.45) is 0 Å². The van der Waals surface area contributed by atoms with E-state index in [-0.39, 0.29) is 31.1 Å². The third-order valence-electron chi connectivity index (χ3n) is 14.3. The molecule has 1 unspecified atom stereocenters. The lowest BCUT2D eigenvalue weighted by Gasteiger charge is -2.18. The Bertz CT molecular complexity index is 1270. The molecule has 0 aromatic heterocycles. The van der Waals surface area contributed by atoms with Gasteiger partial charge in [0.05, 0.1) is 0 Å². The van der Waals surface area contributed by atoms with Gasteiger partial charge in [0.25, 0.3) is 0 Å². The Morgan fingerprint density at radius 2 is 0.534 bits per heavy atom. The van der Waals surface area contributed by atoms with Gasteiger partial charge in [-0.15, -0.1) is 0 Å². The van der Waals surface area contributed by atoms with Gasteiger partial charge in [-0.3, -0.25) is 14.4 Å². The Morgan fingerprint density at radius 1 is 0.288 bits per heavy atom. The molecule has 0 rings (SSSR count). The number of ether oxygens (including phenoxy) is 3. The minimum absolute atomic E-state index is 0.0762. The van der Waals surface area contributed by atoms with E-state index in [0.717, 1.165) is 96.3 Å². The van der Waals surface area contributed by atoms with Crippen molar-refractivity contribution in [2.45, 2.75) is 348 Å². The fourth-order valence-electron chi connectivity index (χ4n) is 9.51. The van der Waals surface area contributed by atoms with Crippen LogP contribution in [0.2, 0.25) is 0 Å². The molecule has 0 spiro atoms. The van der Waals surface area contributed by atoms with Crippen molar-refractivity contribution in [3.63, 3.8) is 0 Å². The van der Waals surface area contributed by atoms with Gasteiger partial charge in [0, 0.05) is 19.3 Å². The van der Waals surface area contributed by atoms with E-state index in [1.54, 1.807) is 0 Å². The molecule has 0 fully saturated rings. The Balaban J connectivity index is 4.05. The zero-order valence-electron chi connectivity index (χ0n) is 48.9. The van der Waals surface area contributed by atoms with Crippen molar-refractivity contribution in [1.82, 2.24) is 0 Å². The Labute approximate surface area is 454 Å². The number of carbonyl (C=O) groups is 3. The molecular weight excluding hydrogens is 901 g/mol. The second-order valence-corrected chi connectivity index (χ2v) is 21.6. The van der Waals surface area contributed by atoms with Crippen LogP contribution in [0.3, 0.4) is 0 Å². The van der Waals surface area contributed by atoms with Gasteiger partial charge in [0.15, 0.2) is 6.10 Å². The van der Waals surface area contributed by atoms with E-state index in [2.05, 4.69) is 69.4 Å². The van der Waals surface area contributed by atoms with Crippen molar-refractivity contribution < 1.29 is 28.6 Å². The van der Waals surface area contributed by atoms with Gasteiger partial charge in [-0.05, 0) is 77.0 Å². The van der Waals surface area contributed by atoms with E-state index in [4.69, 9.17) is 14.2 Å². The average molecular weight is 1020 g/mol. The van der Waals surface area contributed by atoms with Crippen LogP contribution in [-0.4, -0.2) is 37.2 Å². The van der Waals surface area contributed by atoms with E-state index in [0.29, 0.717) is 19.3 Å². The highest BCUT2D eigenvalue weighted by Gasteiger charge is 2.19. The molecule has 1 atom stereocenters. The highest BCUT2D eigenvalue weighted by Crippen LogP contribution is 2.17. The molecular formula is C67H122O6. The molecule has 0 bridgehead atoms. The lowest BCUT2D eigenvalue weighted by molar-refractivity contribution is -0.167. The summed E-state index contributed by atoms with van der Waals surface area (Å²) in [5, 5.41) is 0. The second kappa shape index (κ2) is 61.9. The fourth-order valence-corrected chi connectivity index (χ4v) is 9.51. The second-order valence-electron chi connectivity index (χ2n) is 21.6. The van der Waals surface area contributed by atoms with Crippen LogP contribution in [0.4, 0.5) is 0 Å². The molecule has 0 aliphatic carbocycles. The van der Waals surface area contributed by atoms with Crippen LogP contribution in [0.15, 0.2) is 48.6 Å². The first-order valence-corrected chi connectivity index (χ1v) is 32.1. The Hall–Kier alpha value is -2.63. The van der Waals surface area contributed by atoms with E-state index in [1.807, 2.05) is 0 Å². The standard InChI is InChI=1S/C67H122O6/c1-4-7-10-13-16-19-21-23-25-26-27-28-29-30-31-32-33-34-35-36-37-38-39-40-42-43-45-48-51-54-57-60-66(69)72-63-64(62-71-65(68)59-56-53-50-47-18-15-12-9-6-3)73-67(70)61-58-55-52-49-46-44-41-24-22-20-17-14-11-8-5-2/h8,11,17,20,24,26-27,41,64H,4-7,9-10,12-16,18-19,21-23,25,28-40,42-63H2,1-3H3/b11-8-,20-17-,27-26-,41-24-. The van der Waals surface area contributed by atoms with Crippen molar-refractivity contribution in [3.05, 3.63) is 48.6 Å². The minimum atomic E-state index is -0.778. The van der Waals surface area contributed by atoms with E-state index in [9.17, 15) is 14.4 Å². The molecule has 0 N–H and O–H groups in total. The summed E-state index contributed by atoms with van der Waals surface area (Å²) in [7, 11) is 0. The third kappa shape index (κ3) is 60.1.